The van der Waals surface area contributed by atoms with Gasteiger partial charge >= 0.3 is 5.97 Å². The normalized spacial score (nSPS) is 12.2. The van der Waals surface area contributed by atoms with Crippen LogP contribution in [0.15, 0.2) is 24.3 Å². The predicted molar refractivity (Wildman–Crippen MR) is 78.7 cm³/mol. The topological polar surface area (TPSA) is 69.6 Å². The van der Waals surface area contributed by atoms with Crippen molar-refractivity contribution in [3.63, 3.8) is 0 Å². The van der Waals surface area contributed by atoms with Gasteiger partial charge in [0.15, 0.2) is 0 Å². The fourth-order valence-electron chi connectivity index (χ4n) is 2.02. The van der Waals surface area contributed by atoms with Gasteiger partial charge in [0.05, 0.1) is 6.54 Å². The lowest BCUT2D eigenvalue weighted by molar-refractivity contribution is -0.140. The van der Waals surface area contributed by atoms with E-state index >= 15 is 0 Å². The lowest BCUT2D eigenvalue weighted by Gasteiger charge is -2.23. The first-order valence-corrected chi connectivity index (χ1v) is 6.89. The van der Waals surface area contributed by atoms with Crippen molar-refractivity contribution in [2.24, 2.45) is 5.92 Å². The van der Waals surface area contributed by atoms with E-state index in [-0.39, 0.29) is 24.2 Å². The summed E-state index contributed by atoms with van der Waals surface area (Å²) in [5, 5.41) is 11.8. The molecule has 1 aromatic carbocycles. The molecule has 5 nitrogen and oxygen atoms in total. The predicted octanol–water partition coefficient (Wildman–Crippen LogP) is 1.88. The molecule has 21 heavy (non-hydrogen) atoms. The van der Waals surface area contributed by atoms with Crippen molar-refractivity contribution in [1.82, 2.24) is 5.32 Å². The molecule has 1 atom stereocenters. The number of carbonyl (C=O) groups excluding carboxylic acids is 1. The Morgan fingerprint density at radius 3 is 2.29 bits per heavy atom. The Labute approximate surface area is 123 Å². The number of nitrogens with one attached hydrogen (secondary N) is 1. The summed E-state index contributed by atoms with van der Waals surface area (Å²) in [6.45, 7) is 5.69. The first-order valence-electron chi connectivity index (χ1n) is 6.89. The van der Waals surface area contributed by atoms with Crippen LogP contribution >= 0.6 is 0 Å². The Kier molecular flexibility index (Phi) is 6.30. The molecule has 1 unspecified atom stereocenters. The molecular formula is C15H21FN2O3. The van der Waals surface area contributed by atoms with Crippen molar-refractivity contribution in [2.45, 2.75) is 26.8 Å². The molecule has 0 fully saturated rings. The van der Waals surface area contributed by atoms with Gasteiger partial charge < -0.3 is 10.0 Å². The van der Waals surface area contributed by atoms with Crippen LogP contribution in [0.2, 0.25) is 0 Å². The van der Waals surface area contributed by atoms with Crippen LogP contribution in [0.5, 0.6) is 0 Å². The Morgan fingerprint density at radius 2 is 1.86 bits per heavy atom. The number of rotatable bonds is 7. The zero-order chi connectivity index (χ0) is 16.0. The van der Waals surface area contributed by atoms with Crippen LogP contribution in [-0.4, -0.2) is 36.1 Å². The van der Waals surface area contributed by atoms with E-state index < -0.39 is 12.0 Å². The van der Waals surface area contributed by atoms with Gasteiger partial charge in [-0.1, -0.05) is 13.8 Å². The van der Waals surface area contributed by atoms with E-state index in [9.17, 15) is 14.0 Å². The third kappa shape index (κ3) is 4.82. The van der Waals surface area contributed by atoms with Crippen LogP contribution in [0.3, 0.4) is 0 Å². The quantitative estimate of drug-likeness (QED) is 0.806. The summed E-state index contributed by atoms with van der Waals surface area (Å²) < 4.78 is 12.9. The fourth-order valence-corrected chi connectivity index (χ4v) is 2.02. The third-order valence-corrected chi connectivity index (χ3v) is 3.16. The van der Waals surface area contributed by atoms with Crippen molar-refractivity contribution in [1.29, 1.82) is 0 Å². The van der Waals surface area contributed by atoms with Gasteiger partial charge in [0.2, 0.25) is 5.91 Å². The minimum absolute atomic E-state index is 0.0830. The number of hydrogen-bond donors (Lipinski definition) is 2. The average molecular weight is 296 g/mol. The van der Waals surface area contributed by atoms with Gasteiger partial charge in [-0.3, -0.25) is 14.9 Å². The summed E-state index contributed by atoms with van der Waals surface area (Å²) in [4.78, 5) is 24.7. The maximum atomic E-state index is 12.9. The zero-order valence-corrected chi connectivity index (χ0v) is 12.5. The minimum Gasteiger partial charge on any atom is -0.480 e. The fraction of sp³-hybridized carbons (Fsp3) is 0.467. The van der Waals surface area contributed by atoms with Crippen LogP contribution in [0.4, 0.5) is 10.1 Å². The van der Waals surface area contributed by atoms with Crippen LogP contribution in [0.1, 0.15) is 20.8 Å². The number of carboxylic acid groups (broad SMARTS) is 1. The number of nitrogens with zero attached hydrogens (tertiary/aromatic N) is 1. The van der Waals surface area contributed by atoms with Crippen LogP contribution in [0.25, 0.3) is 0 Å². The lowest BCUT2D eigenvalue weighted by atomic mass is 10.1. The first kappa shape index (κ1) is 17.1. The van der Waals surface area contributed by atoms with Crippen molar-refractivity contribution < 1.29 is 19.1 Å². The molecule has 116 valence electrons. The average Bonchev–Trinajstić information content (AvgIpc) is 2.41. The summed E-state index contributed by atoms with van der Waals surface area (Å²) >= 11 is 0. The van der Waals surface area contributed by atoms with Gasteiger partial charge in [-0.2, -0.15) is 0 Å². The Balaban J connectivity index is 2.71. The minimum atomic E-state index is -0.984. The van der Waals surface area contributed by atoms with E-state index in [0.29, 0.717) is 12.2 Å². The highest BCUT2D eigenvalue weighted by molar-refractivity contribution is 5.95. The Morgan fingerprint density at radius 1 is 1.29 bits per heavy atom. The maximum Gasteiger partial charge on any atom is 0.320 e. The van der Waals surface area contributed by atoms with Gasteiger partial charge in [-0.15, -0.1) is 0 Å². The monoisotopic (exact) mass is 296 g/mol. The smallest absolute Gasteiger partial charge is 0.320 e. The molecular weight excluding hydrogens is 275 g/mol. The van der Waals surface area contributed by atoms with E-state index in [1.165, 1.54) is 29.2 Å². The molecule has 0 bridgehead atoms. The van der Waals surface area contributed by atoms with Crippen molar-refractivity contribution in [3.8, 4) is 0 Å². The highest BCUT2D eigenvalue weighted by Gasteiger charge is 2.23. The lowest BCUT2D eigenvalue weighted by Crippen LogP contribution is -2.47. The molecule has 2 N–H and O–H groups in total. The first-order chi connectivity index (χ1) is 9.86. The number of carbonyl (C=O) groups is 2. The summed E-state index contributed by atoms with van der Waals surface area (Å²) in [6.07, 6.45) is 0. The van der Waals surface area contributed by atoms with Gasteiger partial charge in [0.1, 0.15) is 11.9 Å². The van der Waals surface area contributed by atoms with E-state index in [1.54, 1.807) is 20.8 Å². The van der Waals surface area contributed by atoms with Crippen LogP contribution in [-0.2, 0) is 9.59 Å². The van der Waals surface area contributed by atoms with Crippen molar-refractivity contribution >= 4 is 17.6 Å². The number of amides is 1. The molecule has 0 aliphatic carbocycles. The second kappa shape index (κ2) is 7.73. The number of benzene rings is 1. The van der Waals surface area contributed by atoms with Gasteiger partial charge in [-0.25, -0.2) is 4.39 Å². The van der Waals surface area contributed by atoms with Crippen LogP contribution in [0, 0.1) is 11.7 Å². The van der Waals surface area contributed by atoms with Crippen LogP contribution < -0.4 is 10.2 Å². The molecule has 0 heterocycles. The number of carboxylic acids is 1. The molecule has 6 heteroatoms. The van der Waals surface area contributed by atoms with E-state index in [4.69, 9.17) is 5.11 Å². The number of aliphatic carboxylic acids is 1. The Bertz CT molecular complexity index is 488. The Hall–Kier alpha value is -1.95. The third-order valence-electron chi connectivity index (χ3n) is 3.16. The van der Waals surface area contributed by atoms with Gasteiger partial charge in [0, 0.05) is 12.2 Å². The number of likely N-dealkylation sites (N-methyl/N-ethyl adjacent to an activating group) is 1. The van der Waals surface area contributed by atoms with Crippen molar-refractivity contribution in [2.75, 3.05) is 18.0 Å². The van der Waals surface area contributed by atoms with E-state index in [1.807, 2.05) is 0 Å². The molecule has 0 spiro atoms. The van der Waals surface area contributed by atoms with E-state index in [2.05, 4.69) is 5.32 Å². The second-order valence-electron chi connectivity index (χ2n) is 5.06. The van der Waals surface area contributed by atoms with Gasteiger partial charge in [-0.05, 0) is 37.1 Å². The standard InChI is InChI=1S/C15H21FN2O3/c1-4-18(12-7-5-11(16)6-8-12)13(19)9-17-14(10(2)3)15(20)21/h5-8,10,14,17H,4,9H2,1-3H3,(H,20,21). The molecule has 0 saturated heterocycles. The molecule has 1 rings (SSSR count). The highest BCUT2D eigenvalue weighted by atomic mass is 19.1. The van der Waals surface area contributed by atoms with Crippen molar-refractivity contribution in [3.05, 3.63) is 30.1 Å². The number of halogens is 1. The largest absolute Gasteiger partial charge is 0.480 e. The highest BCUT2D eigenvalue weighted by Crippen LogP contribution is 2.14. The summed E-state index contributed by atoms with van der Waals surface area (Å²) in [5.74, 6) is -1.74. The molecule has 0 aliphatic heterocycles. The molecule has 1 amide bonds. The zero-order valence-electron chi connectivity index (χ0n) is 12.5. The molecule has 1 aromatic rings. The molecule has 0 aliphatic rings. The molecule has 0 radical (unpaired) electrons. The maximum absolute atomic E-state index is 12.9. The molecule has 0 aromatic heterocycles. The number of hydrogen-bond acceptors (Lipinski definition) is 3. The van der Waals surface area contributed by atoms with E-state index in [0.717, 1.165) is 0 Å². The molecule has 0 saturated carbocycles. The van der Waals surface area contributed by atoms with Gasteiger partial charge in [0.25, 0.3) is 0 Å². The second-order valence-corrected chi connectivity index (χ2v) is 5.06. The summed E-state index contributed by atoms with van der Waals surface area (Å²) in [5.41, 5.74) is 0.585. The summed E-state index contributed by atoms with van der Waals surface area (Å²) in [6, 6.07) is 4.84. The number of anilines is 1. The summed E-state index contributed by atoms with van der Waals surface area (Å²) in [7, 11) is 0. The SMILES string of the molecule is CCN(C(=O)CNC(C(=O)O)C(C)C)c1ccc(F)cc1.